The van der Waals surface area contributed by atoms with E-state index in [9.17, 15) is 4.79 Å². The van der Waals surface area contributed by atoms with Crippen LogP contribution in [0.15, 0.2) is 29.6 Å². The number of amides is 1. The molecule has 19 heavy (non-hydrogen) atoms. The van der Waals surface area contributed by atoms with Crippen LogP contribution < -0.4 is 10.6 Å². The molecular formula is C14H16N2O2S. The van der Waals surface area contributed by atoms with Crippen LogP contribution >= 0.6 is 11.3 Å². The van der Waals surface area contributed by atoms with Gasteiger partial charge < -0.3 is 15.4 Å². The molecule has 4 nitrogen and oxygen atoms in total. The average molecular weight is 276 g/mol. The van der Waals surface area contributed by atoms with Crippen LogP contribution in [0.3, 0.4) is 0 Å². The molecule has 0 radical (unpaired) electrons. The molecule has 1 aliphatic heterocycles. The largest absolute Gasteiger partial charge is 0.378 e. The fourth-order valence-electron chi connectivity index (χ4n) is 2.23. The number of benzene rings is 1. The maximum atomic E-state index is 12.0. The molecule has 1 amide bonds. The number of fused-ring (bicyclic) bond motifs is 1. The van der Waals surface area contributed by atoms with E-state index in [1.165, 1.54) is 10.1 Å². The fourth-order valence-corrected chi connectivity index (χ4v) is 3.00. The molecule has 0 aliphatic carbocycles. The fraction of sp³-hybridized carbons (Fsp3) is 0.357. The molecule has 1 unspecified atom stereocenters. The summed E-state index contributed by atoms with van der Waals surface area (Å²) in [6.45, 7) is 2.16. The summed E-state index contributed by atoms with van der Waals surface area (Å²) in [5.74, 6) is 0.0255. The number of anilines is 1. The highest BCUT2D eigenvalue weighted by Gasteiger charge is 2.16. The smallest absolute Gasteiger partial charge is 0.226 e. The number of thiophene rings is 1. The lowest BCUT2D eigenvalue weighted by molar-refractivity contribution is -0.117. The number of hydrogen-bond donors (Lipinski definition) is 2. The van der Waals surface area contributed by atoms with Crippen molar-refractivity contribution in [2.45, 2.75) is 12.5 Å². The highest BCUT2D eigenvalue weighted by Crippen LogP contribution is 2.24. The second kappa shape index (κ2) is 5.69. The Morgan fingerprint density at radius 3 is 3.26 bits per heavy atom. The van der Waals surface area contributed by atoms with E-state index in [0.717, 1.165) is 18.8 Å². The van der Waals surface area contributed by atoms with Crippen molar-refractivity contribution in [2.75, 3.05) is 25.1 Å². The Morgan fingerprint density at radius 1 is 1.47 bits per heavy atom. The summed E-state index contributed by atoms with van der Waals surface area (Å²) in [6, 6.07) is 8.18. The molecule has 2 N–H and O–H groups in total. The van der Waals surface area contributed by atoms with Crippen LogP contribution in [0, 0.1) is 0 Å². The van der Waals surface area contributed by atoms with Crippen molar-refractivity contribution in [3.05, 3.63) is 29.6 Å². The zero-order valence-electron chi connectivity index (χ0n) is 10.5. The van der Waals surface area contributed by atoms with Crippen LogP contribution in [0.5, 0.6) is 0 Å². The van der Waals surface area contributed by atoms with Crippen LogP contribution in [-0.4, -0.2) is 31.7 Å². The minimum absolute atomic E-state index is 0.0255. The number of morpholine rings is 1. The summed E-state index contributed by atoms with van der Waals surface area (Å²) in [4.78, 5) is 12.0. The molecule has 1 aliphatic rings. The highest BCUT2D eigenvalue weighted by molar-refractivity contribution is 7.17. The zero-order chi connectivity index (χ0) is 13.1. The van der Waals surface area contributed by atoms with Crippen LogP contribution in [0.4, 0.5) is 5.69 Å². The van der Waals surface area contributed by atoms with Gasteiger partial charge in [0.05, 0.1) is 13.2 Å². The van der Waals surface area contributed by atoms with Gasteiger partial charge in [0, 0.05) is 29.4 Å². The third-order valence-corrected chi connectivity index (χ3v) is 4.06. The zero-order valence-corrected chi connectivity index (χ0v) is 11.3. The van der Waals surface area contributed by atoms with Crippen molar-refractivity contribution >= 4 is 33.0 Å². The van der Waals surface area contributed by atoms with Gasteiger partial charge in [0.2, 0.25) is 5.91 Å². The molecule has 1 atom stereocenters. The molecule has 100 valence electrons. The summed E-state index contributed by atoms with van der Waals surface area (Å²) in [7, 11) is 0. The predicted octanol–water partition coefficient (Wildman–Crippen LogP) is 2.22. The molecule has 0 spiro atoms. The van der Waals surface area contributed by atoms with Gasteiger partial charge in [-0.05, 0) is 35.0 Å². The van der Waals surface area contributed by atoms with Gasteiger partial charge in [-0.3, -0.25) is 4.79 Å². The normalized spacial score (nSPS) is 19.5. The Kier molecular flexibility index (Phi) is 3.77. The van der Waals surface area contributed by atoms with E-state index in [4.69, 9.17) is 4.74 Å². The van der Waals surface area contributed by atoms with Gasteiger partial charge in [0.25, 0.3) is 0 Å². The molecule has 1 aromatic carbocycles. The standard InChI is InChI=1S/C14H16N2O2S/c17-14(8-12-9-18-5-4-15-12)16-11-1-2-13-10(7-11)3-6-19-13/h1-3,6-7,12,15H,4-5,8-9H2,(H,16,17). The van der Waals surface area contributed by atoms with Crippen LogP contribution in [0.1, 0.15) is 6.42 Å². The summed E-state index contributed by atoms with van der Waals surface area (Å²) < 4.78 is 6.58. The van der Waals surface area contributed by atoms with Crippen molar-refractivity contribution in [3.8, 4) is 0 Å². The summed E-state index contributed by atoms with van der Waals surface area (Å²) >= 11 is 1.70. The second-order valence-electron chi connectivity index (χ2n) is 4.65. The third-order valence-electron chi connectivity index (χ3n) is 3.17. The van der Waals surface area contributed by atoms with E-state index in [2.05, 4.69) is 22.1 Å². The lowest BCUT2D eigenvalue weighted by atomic mass is 10.2. The SMILES string of the molecule is O=C(CC1COCCN1)Nc1ccc2sccc2c1. The Balaban J connectivity index is 1.61. The van der Waals surface area contributed by atoms with E-state index < -0.39 is 0 Å². The van der Waals surface area contributed by atoms with E-state index in [-0.39, 0.29) is 11.9 Å². The van der Waals surface area contributed by atoms with E-state index in [0.29, 0.717) is 13.0 Å². The first-order valence-corrected chi connectivity index (χ1v) is 7.27. The van der Waals surface area contributed by atoms with Gasteiger partial charge in [-0.1, -0.05) is 0 Å². The maximum absolute atomic E-state index is 12.0. The molecule has 2 heterocycles. The molecule has 2 aromatic rings. The second-order valence-corrected chi connectivity index (χ2v) is 5.60. The summed E-state index contributed by atoms with van der Waals surface area (Å²) in [5.41, 5.74) is 0.854. The number of carbonyl (C=O) groups excluding carboxylic acids is 1. The van der Waals surface area contributed by atoms with Gasteiger partial charge in [-0.25, -0.2) is 0 Å². The van der Waals surface area contributed by atoms with Gasteiger partial charge in [-0.2, -0.15) is 0 Å². The van der Waals surface area contributed by atoms with Crippen molar-refractivity contribution in [1.82, 2.24) is 5.32 Å². The van der Waals surface area contributed by atoms with Crippen LogP contribution in [0.2, 0.25) is 0 Å². The van der Waals surface area contributed by atoms with Gasteiger partial charge in [-0.15, -0.1) is 11.3 Å². The van der Waals surface area contributed by atoms with Crippen LogP contribution in [0.25, 0.3) is 10.1 Å². The molecule has 1 saturated heterocycles. The third kappa shape index (κ3) is 3.12. The Morgan fingerprint density at radius 2 is 2.42 bits per heavy atom. The van der Waals surface area contributed by atoms with E-state index in [1.807, 2.05) is 18.2 Å². The average Bonchev–Trinajstić information content (AvgIpc) is 2.87. The quantitative estimate of drug-likeness (QED) is 0.903. The van der Waals surface area contributed by atoms with Gasteiger partial charge >= 0.3 is 0 Å². The first-order chi connectivity index (χ1) is 9.31. The predicted molar refractivity (Wildman–Crippen MR) is 77.7 cm³/mol. The lowest BCUT2D eigenvalue weighted by Crippen LogP contribution is -2.43. The van der Waals surface area contributed by atoms with E-state index in [1.54, 1.807) is 11.3 Å². The first-order valence-electron chi connectivity index (χ1n) is 6.39. The number of rotatable bonds is 3. The number of carbonyl (C=O) groups is 1. The number of ether oxygens (including phenoxy) is 1. The summed E-state index contributed by atoms with van der Waals surface area (Å²) in [5, 5.41) is 9.44. The Bertz CT molecular complexity index is 576. The minimum Gasteiger partial charge on any atom is -0.378 e. The van der Waals surface area contributed by atoms with Crippen molar-refractivity contribution in [1.29, 1.82) is 0 Å². The summed E-state index contributed by atoms with van der Waals surface area (Å²) in [6.07, 6.45) is 0.446. The minimum atomic E-state index is 0.0255. The molecule has 0 bridgehead atoms. The molecule has 1 aromatic heterocycles. The maximum Gasteiger partial charge on any atom is 0.226 e. The topological polar surface area (TPSA) is 50.4 Å². The van der Waals surface area contributed by atoms with Crippen LogP contribution in [-0.2, 0) is 9.53 Å². The van der Waals surface area contributed by atoms with Gasteiger partial charge in [0.15, 0.2) is 0 Å². The van der Waals surface area contributed by atoms with E-state index >= 15 is 0 Å². The Labute approximate surface area is 115 Å². The first kappa shape index (κ1) is 12.6. The number of nitrogens with one attached hydrogen (secondary N) is 2. The highest BCUT2D eigenvalue weighted by atomic mass is 32.1. The number of hydrogen-bond acceptors (Lipinski definition) is 4. The molecule has 1 fully saturated rings. The van der Waals surface area contributed by atoms with Gasteiger partial charge in [0.1, 0.15) is 0 Å². The molecule has 3 rings (SSSR count). The van der Waals surface area contributed by atoms with Crippen molar-refractivity contribution in [3.63, 3.8) is 0 Å². The molecule has 5 heteroatoms. The molecular weight excluding hydrogens is 260 g/mol. The Hall–Kier alpha value is -1.43. The van der Waals surface area contributed by atoms with Crippen molar-refractivity contribution < 1.29 is 9.53 Å². The monoisotopic (exact) mass is 276 g/mol. The van der Waals surface area contributed by atoms with Crippen molar-refractivity contribution in [2.24, 2.45) is 0 Å². The molecule has 0 saturated carbocycles. The lowest BCUT2D eigenvalue weighted by Gasteiger charge is -2.23.